The molecule has 6 heteroatoms. The van der Waals surface area contributed by atoms with Crippen LogP contribution >= 0.6 is 0 Å². The highest BCUT2D eigenvalue weighted by molar-refractivity contribution is 5.66. The molecular weight excluding hydrogens is 234 g/mol. The van der Waals surface area contributed by atoms with E-state index in [0.29, 0.717) is 30.8 Å². The third kappa shape index (κ3) is 3.53. The summed E-state index contributed by atoms with van der Waals surface area (Å²) in [5.74, 6) is 0.153. The van der Waals surface area contributed by atoms with E-state index in [1.54, 1.807) is 0 Å². The number of aliphatic carboxylic acids is 1. The van der Waals surface area contributed by atoms with Gasteiger partial charge < -0.3 is 9.52 Å². The maximum atomic E-state index is 10.4. The quantitative estimate of drug-likeness (QED) is 0.855. The van der Waals surface area contributed by atoms with Gasteiger partial charge in [-0.05, 0) is 26.3 Å². The largest absolute Gasteiger partial charge is 0.481 e. The predicted molar refractivity (Wildman–Crippen MR) is 64.0 cm³/mol. The van der Waals surface area contributed by atoms with E-state index < -0.39 is 5.97 Å². The predicted octanol–water partition coefficient (Wildman–Crippen LogP) is 1.46. The van der Waals surface area contributed by atoms with Crippen molar-refractivity contribution in [3.63, 3.8) is 0 Å². The summed E-state index contributed by atoms with van der Waals surface area (Å²) >= 11 is 0. The Balaban J connectivity index is 1.87. The van der Waals surface area contributed by atoms with Crippen molar-refractivity contribution in [1.29, 1.82) is 0 Å². The maximum Gasteiger partial charge on any atom is 0.303 e. The van der Waals surface area contributed by atoms with Gasteiger partial charge in [0, 0.05) is 12.5 Å². The first kappa shape index (κ1) is 13.0. The molecule has 2 rings (SSSR count). The molecule has 1 aromatic heterocycles. The molecule has 1 fully saturated rings. The number of likely N-dealkylation sites (tertiary alicyclic amines) is 1. The number of nitrogens with zero attached hydrogens (tertiary/aromatic N) is 3. The Morgan fingerprint density at radius 1 is 1.44 bits per heavy atom. The van der Waals surface area contributed by atoms with Gasteiger partial charge in [-0.1, -0.05) is 6.42 Å². The zero-order chi connectivity index (χ0) is 13.0. The smallest absolute Gasteiger partial charge is 0.303 e. The normalized spacial score (nSPS) is 21.1. The van der Waals surface area contributed by atoms with Crippen LogP contribution in [-0.4, -0.2) is 38.8 Å². The van der Waals surface area contributed by atoms with E-state index in [9.17, 15) is 4.79 Å². The van der Waals surface area contributed by atoms with Crippen LogP contribution in [0.4, 0.5) is 0 Å². The number of rotatable bonds is 5. The third-order valence-corrected chi connectivity index (χ3v) is 3.34. The summed E-state index contributed by atoms with van der Waals surface area (Å²) in [4.78, 5) is 12.8. The highest BCUT2D eigenvalue weighted by Crippen LogP contribution is 2.18. The average Bonchev–Trinajstić information content (AvgIpc) is 2.77. The van der Waals surface area contributed by atoms with Crippen LogP contribution in [0.1, 0.15) is 44.4 Å². The number of aromatic nitrogens is 2. The lowest BCUT2D eigenvalue weighted by molar-refractivity contribution is -0.137. The van der Waals surface area contributed by atoms with Crippen LogP contribution in [-0.2, 0) is 17.8 Å². The fraction of sp³-hybridized carbons (Fsp3) is 0.750. The van der Waals surface area contributed by atoms with Gasteiger partial charge in [0.25, 0.3) is 0 Å². The topological polar surface area (TPSA) is 79.5 Å². The minimum absolute atomic E-state index is 0.0295. The van der Waals surface area contributed by atoms with Gasteiger partial charge in [0.2, 0.25) is 11.8 Å². The number of hydrogen-bond donors (Lipinski definition) is 1. The second-order valence-electron chi connectivity index (χ2n) is 4.80. The monoisotopic (exact) mass is 253 g/mol. The van der Waals surface area contributed by atoms with Gasteiger partial charge >= 0.3 is 5.97 Å². The van der Waals surface area contributed by atoms with Crippen LogP contribution in [0.2, 0.25) is 0 Å². The van der Waals surface area contributed by atoms with Crippen molar-refractivity contribution in [2.75, 3.05) is 6.54 Å². The summed E-state index contributed by atoms with van der Waals surface area (Å²) in [5.41, 5.74) is 0. The van der Waals surface area contributed by atoms with Crippen LogP contribution in [0.5, 0.6) is 0 Å². The third-order valence-electron chi connectivity index (χ3n) is 3.34. The first-order valence-electron chi connectivity index (χ1n) is 6.42. The highest BCUT2D eigenvalue weighted by atomic mass is 16.4. The summed E-state index contributed by atoms with van der Waals surface area (Å²) in [6, 6.07) is 0.549. The second kappa shape index (κ2) is 5.95. The Bertz CT molecular complexity index is 405. The minimum Gasteiger partial charge on any atom is -0.481 e. The van der Waals surface area contributed by atoms with E-state index in [1.165, 1.54) is 19.3 Å². The molecule has 0 aromatic carbocycles. The van der Waals surface area contributed by atoms with Gasteiger partial charge in [-0.25, -0.2) is 0 Å². The summed E-state index contributed by atoms with van der Waals surface area (Å²) < 4.78 is 5.46. The second-order valence-corrected chi connectivity index (χ2v) is 4.80. The molecule has 1 N–H and O–H groups in total. The standard InChI is InChI=1S/C12H19N3O3/c1-9-4-2-3-7-15(9)8-11-14-13-10(18-11)5-6-12(16)17/h9H,2-8H2,1H3,(H,16,17). The molecule has 0 spiro atoms. The van der Waals surface area contributed by atoms with Crippen molar-refractivity contribution in [2.45, 2.75) is 51.6 Å². The van der Waals surface area contributed by atoms with Gasteiger partial charge in [0.05, 0.1) is 13.0 Å². The lowest BCUT2D eigenvalue weighted by Crippen LogP contribution is -2.36. The molecule has 100 valence electrons. The van der Waals surface area contributed by atoms with E-state index >= 15 is 0 Å². The van der Waals surface area contributed by atoms with Crippen molar-refractivity contribution in [1.82, 2.24) is 15.1 Å². The zero-order valence-corrected chi connectivity index (χ0v) is 10.6. The van der Waals surface area contributed by atoms with Gasteiger partial charge in [-0.3, -0.25) is 9.69 Å². The molecule has 1 saturated heterocycles. The Hall–Kier alpha value is -1.43. The summed E-state index contributed by atoms with van der Waals surface area (Å²) in [5, 5.41) is 16.4. The van der Waals surface area contributed by atoms with E-state index in [1.807, 2.05) is 0 Å². The molecule has 0 radical (unpaired) electrons. The molecule has 6 nitrogen and oxygen atoms in total. The molecular formula is C12H19N3O3. The van der Waals surface area contributed by atoms with E-state index in [4.69, 9.17) is 9.52 Å². The van der Waals surface area contributed by atoms with Gasteiger partial charge in [0.15, 0.2) is 0 Å². The van der Waals surface area contributed by atoms with E-state index in [-0.39, 0.29) is 6.42 Å². The van der Waals surface area contributed by atoms with Crippen molar-refractivity contribution < 1.29 is 14.3 Å². The lowest BCUT2D eigenvalue weighted by atomic mass is 10.0. The molecule has 1 aliphatic heterocycles. The zero-order valence-electron chi connectivity index (χ0n) is 10.6. The van der Waals surface area contributed by atoms with Gasteiger partial charge in [-0.15, -0.1) is 10.2 Å². The Morgan fingerprint density at radius 3 is 2.94 bits per heavy atom. The Labute approximate surface area is 106 Å². The number of hydrogen-bond acceptors (Lipinski definition) is 5. The number of piperidine rings is 1. The Kier molecular flexibility index (Phi) is 4.30. The van der Waals surface area contributed by atoms with Crippen LogP contribution < -0.4 is 0 Å². The molecule has 0 bridgehead atoms. The fourth-order valence-electron chi connectivity index (χ4n) is 2.23. The van der Waals surface area contributed by atoms with Crippen molar-refractivity contribution >= 4 is 5.97 Å². The molecule has 1 aromatic rings. The summed E-state index contributed by atoms with van der Waals surface area (Å²) in [6.45, 7) is 3.94. The first-order valence-corrected chi connectivity index (χ1v) is 6.42. The molecule has 1 unspecified atom stereocenters. The maximum absolute atomic E-state index is 10.4. The van der Waals surface area contributed by atoms with Crippen molar-refractivity contribution in [2.24, 2.45) is 0 Å². The SMILES string of the molecule is CC1CCCCN1Cc1nnc(CCC(=O)O)o1. The molecule has 1 aliphatic rings. The molecule has 1 atom stereocenters. The molecule has 0 saturated carbocycles. The van der Waals surface area contributed by atoms with Crippen LogP contribution in [0.15, 0.2) is 4.42 Å². The van der Waals surface area contributed by atoms with Crippen LogP contribution in [0, 0.1) is 0 Å². The first-order chi connectivity index (χ1) is 8.65. The Morgan fingerprint density at radius 2 is 2.22 bits per heavy atom. The van der Waals surface area contributed by atoms with E-state index in [2.05, 4.69) is 22.0 Å². The van der Waals surface area contributed by atoms with Crippen molar-refractivity contribution in [3.8, 4) is 0 Å². The van der Waals surface area contributed by atoms with Crippen LogP contribution in [0.25, 0.3) is 0 Å². The highest BCUT2D eigenvalue weighted by Gasteiger charge is 2.20. The number of carboxylic acid groups (broad SMARTS) is 1. The lowest BCUT2D eigenvalue weighted by Gasteiger charge is -2.31. The average molecular weight is 253 g/mol. The number of carboxylic acids is 1. The fourth-order valence-corrected chi connectivity index (χ4v) is 2.23. The molecule has 2 heterocycles. The minimum atomic E-state index is -0.848. The summed E-state index contributed by atoms with van der Waals surface area (Å²) in [6.07, 6.45) is 4.04. The number of aryl methyl sites for hydroxylation is 1. The molecule has 0 aliphatic carbocycles. The summed E-state index contributed by atoms with van der Waals surface area (Å²) in [7, 11) is 0. The van der Waals surface area contributed by atoms with E-state index in [0.717, 1.165) is 6.54 Å². The molecule has 0 amide bonds. The van der Waals surface area contributed by atoms with Crippen LogP contribution in [0.3, 0.4) is 0 Å². The van der Waals surface area contributed by atoms with Gasteiger partial charge in [-0.2, -0.15) is 0 Å². The number of carbonyl (C=O) groups is 1. The molecule has 18 heavy (non-hydrogen) atoms. The van der Waals surface area contributed by atoms with Crippen molar-refractivity contribution in [3.05, 3.63) is 11.8 Å². The van der Waals surface area contributed by atoms with Gasteiger partial charge in [0.1, 0.15) is 0 Å².